The summed E-state index contributed by atoms with van der Waals surface area (Å²) in [6.45, 7) is 8.58. The van der Waals surface area contributed by atoms with Crippen molar-refractivity contribution in [3.8, 4) is 12.3 Å². The third-order valence-corrected chi connectivity index (χ3v) is 4.97. The number of hydrogen-bond acceptors (Lipinski definition) is 4. The number of amides is 1. The molecule has 1 atom stereocenters. The first kappa shape index (κ1) is 18.8. The van der Waals surface area contributed by atoms with E-state index in [4.69, 9.17) is 11.2 Å². The monoisotopic (exact) mass is 352 g/mol. The van der Waals surface area contributed by atoms with Crippen LogP contribution in [0.1, 0.15) is 57.0 Å². The van der Waals surface area contributed by atoms with E-state index in [0.717, 1.165) is 12.8 Å². The molecule has 1 aromatic heterocycles. The van der Waals surface area contributed by atoms with E-state index in [9.17, 15) is 9.18 Å². The van der Waals surface area contributed by atoms with Crippen molar-refractivity contribution in [2.24, 2.45) is 0 Å². The Morgan fingerprint density at radius 1 is 1.58 bits per heavy atom. The lowest BCUT2D eigenvalue weighted by atomic mass is 10.2. The summed E-state index contributed by atoms with van der Waals surface area (Å²) in [6, 6.07) is 0.376. The van der Waals surface area contributed by atoms with E-state index in [1.54, 1.807) is 5.38 Å². The number of halogens is 1. The zero-order chi connectivity index (χ0) is 17.9. The minimum Gasteiger partial charge on any atom is -0.444 e. The van der Waals surface area contributed by atoms with Crippen LogP contribution in [0.3, 0.4) is 0 Å². The van der Waals surface area contributed by atoms with Crippen LogP contribution in [0, 0.1) is 18.2 Å². The van der Waals surface area contributed by atoms with E-state index < -0.39 is 11.7 Å². The SMILES string of the molecule is C#Cc1csc(C(C)N(CCNC(=O)OC(C)(C)C)C2CC2)c1F. The van der Waals surface area contributed by atoms with Crippen LogP contribution in [-0.4, -0.2) is 35.7 Å². The maximum atomic E-state index is 14.3. The van der Waals surface area contributed by atoms with E-state index in [1.807, 2.05) is 27.7 Å². The molecule has 4 nitrogen and oxygen atoms in total. The Hall–Kier alpha value is -1.58. The van der Waals surface area contributed by atoms with Gasteiger partial charge in [0.25, 0.3) is 0 Å². The van der Waals surface area contributed by atoms with Gasteiger partial charge in [0, 0.05) is 30.6 Å². The second-order valence-corrected chi connectivity index (χ2v) is 7.96. The minimum atomic E-state index is -0.515. The average Bonchev–Trinajstić information content (AvgIpc) is 3.24. The molecule has 0 spiro atoms. The minimum absolute atomic E-state index is 0.0648. The molecule has 1 unspecified atom stereocenters. The third-order valence-electron chi connectivity index (χ3n) is 3.84. The molecule has 132 valence electrons. The van der Waals surface area contributed by atoms with Gasteiger partial charge in [0.05, 0.1) is 10.4 Å². The van der Waals surface area contributed by atoms with Crippen LogP contribution in [0.5, 0.6) is 0 Å². The van der Waals surface area contributed by atoms with Gasteiger partial charge >= 0.3 is 6.09 Å². The highest BCUT2D eigenvalue weighted by atomic mass is 32.1. The molecule has 24 heavy (non-hydrogen) atoms. The lowest BCUT2D eigenvalue weighted by molar-refractivity contribution is 0.0517. The van der Waals surface area contributed by atoms with Crippen molar-refractivity contribution in [2.45, 2.75) is 58.2 Å². The number of alkyl carbamates (subject to hydrolysis) is 1. The molecule has 1 aromatic rings. The fourth-order valence-corrected chi connectivity index (χ4v) is 3.55. The molecule has 1 amide bonds. The van der Waals surface area contributed by atoms with Crippen molar-refractivity contribution in [1.29, 1.82) is 0 Å². The largest absolute Gasteiger partial charge is 0.444 e. The van der Waals surface area contributed by atoms with Crippen molar-refractivity contribution in [3.63, 3.8) is 0 Å². The molecule has 1 saturated carbocycles. The molecule has 6 heteroatoms. The van der Waals surface area contributed by atoms with E-state index >= 15 is 0 Å². The molecule has 1 heterocycles. The van der Waals surface area contributed by atoms with Crippen molar-refractivity contribution in [2.75, 3.05) is 13.1 Å². The van der Waals surface area contributed by atoms with Gasteiger partial charge in [0.1, 0.15) is 5.60 Å². The second-order valence-electron chi connectivity index (χ2n) is 7.05. The summed E-state index contributed by atoms with van der Waals surface area (Å²) in [5, 5.41) is 4.45. The van der Waals surface area contributed by atoms with Crippen LogP contribution in [0.15, 0.2) is 5.38 Å². The Bertz CT molecular complexity index is 626. The van der Waals surface area contributed by atoms with Gasteiger partial charge in [0.15, 0.2) is 5.82 Å². The number of carbonyl (C=O) groups is 1. The predicted molar refractivity (Wildman–Crippen MR) is 94.6 cm³/mol. The standard InChI is InChI=1S/C18H25FN2O2S/c1-6-13-11-24-16(15(13)19)12(2)21(14-7-8-14)10-9-20-17(22)23-18(3,4)5/h1,11-12,14H,7-10H2,2-5H3,(H,20,22). The van der Waals surface area contributed by atoms with Gasteiger partial charge < -0.3 is 10.1 Å². The lowest BCUT2D eigenvalue weighted by Crippen LogP contribution is -2.39. The maximum Gasteiger partial charge on any atom is 0.407 e. The molecule has 1 aliphatic carbocycles. The molecule has 0 saturated heterocycles. The quantitative estimate of drug-likeness (QED) is 0.789. The van der Waals surface area contributed by atoms with Gasteiger partial charge in [-0.25, -0.2) is 9.18 Å². The molecule has 0 aromatic carbocycles. The van der Waals surface area contributed by atoms with Gasteiger partial charge in [-0.3, -0.25) is 4.90 Å². The number of thiophene rings is 1. The lowest BCUT2D eigenvalue weighted by Gasteiger charge is -2.29. The van der Waals surface area contributed by atoms with Crippen molar-refractivity contribution < 1.29 is 13.9 Å². The Labute approximate surface area is 147 Å². The molecule has 1 fully saturated rings. The third kappa shape index (κ3) is 4.96. The van der Waals surface area contributed by atoms with Crippen LogP contribution >= 0.6 is 11.3 Å². The normalized spacial score (nSPS) is 15.9. The molecule has 0 radical (unpaired) electrons. The van der Waals surface area contributed by atoms with Crippen LogP contribution in [0.2, 0.25) is 0 Å². The molecule has 1 aliphatic rings. The number of ether oxygens (including phenoxy) is 1. The van der Waals surface area contributed by atoms with E-state index in [0.29, 0.717) is 29.6 Å². The van der Waals surface area contributed by atoms with Gasteiger partial charge in [-0.05, 0) is 40.5 Å². The summed E-state index contributed by atoms with van der Waals surface area (Å²) in [6.07, 6.45) is 7.10. The summed E-state index contributed by atoms with van der Waals surface area (Å²) < 4.78 is 19.5. The van der Waals surface area contributed by atoms with Crippen LogP contribution in [0.25, 0.3) is 0 Å². The highest BCUT2D eigenvalue weighted by Gasteiger charge is 2.34. The highest BCUT2D eigenvalue weighted by molar-refractivity contribution is 7.10. The number of hydrogen-bond donors (Lipinski definition) is 1. The Kier molecular flexibility index (Phi) is 5.89. The van der Waals surface area contributed by atoms with E-state index in [2.05, 4.69) is 16.1 Å². The topological polar surface area (TPSA) is 41.6 Å². The summed E-state index contributed by atoms with van der Waals surface area (Å²) in [5.41, 5.74) is -0.191. The zero-order valence-electron chi connectivity index (χ0n) is 14.7. The van der Waals surface area contributed by atoms with Gasteiger partial charge in [0.2, 0.25) is 0 Å². The molecular weight excluding hydrogens is 327 g/mol. The van der Waals surface area contributed by atoms with Crippen molar-refractivity contribution >= 4 is 17.4 Å². The number of terminal acetylenes is 1. The van der Waals surface area contributed by atoms with Crippen LogP contribution in [0.4, 0.5) is 9.18 Å². The van der Waals surface area contributed by atoms with Gasteiger partial charge in [-0.15, -0.1) is 17.8 Å². The maximum absolute atomic E-state index is 14.3. The molecule has 0 bridgehead atoms. The fourth-order valence-electron chi connectivity index (χ4n) is 2.59. The van der Waals surface area contributed by atoms with E-state index in [1.165, 1.54) is 11.3 Å². The summed E-state index contributed by atoms with van der Waals surface area (Å²) in [7, 11) is 0. The Morgan fingerprint density at radius 2 is 2.25 bits per heavy atom. The first-order valence-electron chi connectivity index (χ1n) is 8.19. The number of nitrogens with one attached hydrogen (secondary N) is 1. The smallest absolute Gasteiger partial charge is 0.407 e. The molecule has 2 rings (SSSR count). The van der Waals surface area contributed by atoms with E-state index in [-0.39, 0.29) is 11.9 Å². The second kappa shape index (κ2) is 7.54. The number of carbonyl (C=O) groups excluding carboxylic acids is 1. The van der Waals surface area contributed by atoms with Crippen LogP contribution in [-0.2, 0) is 4.74 Å². The van der Waals surface area contributed by atoms with Crippen LogP contribution < -0.4 is 5.32 Å². The number of nitrogens with zero attached hydrogens (tertiary/aromatic N) is 1. The van der Waals surface area contributed by atoms with Gasteiger partial charge in [-0.1, -0.05) is 5.92 Å². The molecule has 1 N–H and O–H groups in total. The average molecular weight is 352 g/mol. The van der Waals surface area contributed by atoms with Gasteiger partial charge in [-0.2, -0.15) is 0 Å². The fraction of sp³-hybridized carbons (Fsp3) is 0.611. The number of rotatable bonds is 6. The first-order chi connectivity index (χ1) is 11.2. The molecular formula is C18H25FN2O2S. The summed E-state index contributed by atoms with van der Waals surface area (Å²) in [4.78, 5) is 14.6. The Balaban J connectivity index is 1.94. The molecule has 0 aliphatic heterocycles. The summed E-state index contributed by atoms with van der Waals surface area (Å²) in [5.74, 6) is 2.09. The first-order valence-corrected chi connectivity index (χ1v) is 9.07. The summed E-state index contributed by atoms with van der Waals surface area (Å²) >= 11 is 1.36. The van der Waals surface area contributed by atoms with Crippen molar-refractivity contribution in [3.05, 3.63) is 21.6 Å². The van der Waals surface area contributed by atoms with Crippen molar-refractivity contribution in [1.82, 2.24) is 10.2 Å². The Morgan fingerprint density at radius 3 is 2.75 bits per heavy atom. The predicted octanol–water partition coefficient (Wildman–Crippen LogP) is 3.92. The highest BCUT2D eigenvalue weighted by Crippen LogP contribution is 2.37. The zero-order valence-corrected chi connectivity index (χ0v) is 15.5.